The zero-order valence-corrected chi connectivity index (χ0v) is 20.5. The summed E-state index contributed by atoms with van der Waals surface area (Å²) >= 11 is 0. The Morgan fingerprint density at radius 1 is 1.11 bits per heavy atom. The number of hydrogen-bond acceptors (Lipinski definition) is 1. The van der Waals surface area contributed by atoms with Crippen LogP contribution in [0.3, 0.4) is 0 Å². The average molecular weight is 486 g/mol. The summed E-state index contributed by atoms with van der Waals surface area (Å²) in [6.07, 6.45) is 3.20. The van der Waals surface area contributed by atoms with Crippen LogP contribution in [0.2, 0.25) is 0 Å². The predicted molar refractivity (Wildman–Crippen MR) is 133 cm³/mol. The van der Waals surface area contributed by atoms with Crippen molar-refractivity contribution in [3.8, 4) is 0 Å². The van der Waals surface area contributed by atoms with Gasteiger partial charge in [0.1, 0.15) is 0 Å². The van der Waals surface area contributed by atoms with E-state index in [0.29, 0.717) is 0 Å². The van der Waals surface area contributed by atoms with Gasteiger partial charge in [0.05, 0.1) is 18.0 Å². The predicted octanol–water partition coefficient (Wildman–Crippen LogP) is 8.29. The molecule has 2 aromatic carbocycles. The van der Waals surface area contributed by atoms with Gasteiger partial charge in [-0.1, -0.05) is 44.9 Å². The number of aryl methyl sites for hydroxylation is 2. The minimum atomic E-state index is -4.38. The Kier molecular flexibility index (Phi) is 7.58. The molecule has 1 aromatic heterocycles. The van der Waals surface area contributed by atoms with E-state index in [1.807, 2.05) is 0 Å². The third kappa shape index (κ3) is 5.26. The van der Waals surface area contributed by atoms with E-state index >= 15 is 0 Å². The molecule has 3 aromatic rings. The standard InChI is InChI=1S/C29H34F3NO2/c1-3-5-8-19-11-16-26-24(17-19)23-10-6-9-21(18-27(34)35)28(23)33(26)25(7-4-2)20-12-14-22(15-13-20)29(30,31)32/h11-17,21,25H,3-10,18H2,1-2H3,(H,34,35). The molecule has 0 fully saturated rings. The molecule has 6 heteroatoms. The summed E-state index contributed by atoms with van der Waals surface area (Å²) in [7, 11) is 0. The van der Waals surface area contributed by atoms with Crippen molar-refractivity contribution in [1.29, 1.82) is 0 Å². The van der Waals surface area contributed by atoms with Crippen molar-refractivity contribution < 1.29 is 23.1 Å². The van der Waals surface area contributed by atoms with E-state index in [9.17, 15) is 23.1 Å². The van der Waals surface area contributed by atoms with Crippen molar-refractivity contribution in [2.24, 2.45) is 0 Å². The average Bonchev–Trinajstić information content (AvgIpc) is 3.15. The first kappa shape index (κ1) is 25.3. The number of fused-ring (bicyclic) bond motifs is 3. The Morgan fingerprint density at radius 3 is 2.49 bits per heavy atom. The maximum absolute atomic E-state index is 13.2. The molecule has 35 heavy (non-hydrogen) atoms. The van der Waals surface area contributed by atoms with Gasteiger partial charge >= 0.3 is 12.1 Å². The Morgan fingerprint density at radius 2 is 1.86 bits per heavy atom. The molecule has 0 bridgehead atoms. The number of alkyl halides is 3. The summed E-state index contributed by atoms with van der Waals surface area (Å²) in [5.41, 5.74) is 4.81. The minimum absolute atomic E-state index is 0.0673. The van der Waals surface area contributed by atoms with Gasteiger partial charge in [0.2, 0.25) is 0 Å². The smallest absolute Gasteiger partial charge is 0.416 e. The van der Waals surface area contributed by atoms with Gasteiger partial charge in [-0.15, -0.1) is 0 Å². The van der Waals surface area contributed by atoms with Crippen LogP contribution in [0.4, 0.5) is 13.2 Å². The summed E-state index contributed by atoms with van der Waals surface area (Å²) in [6.45, 7) is 4.25. The first-order chi connectivity index (χ1) is 16.7. The van der Waals surface area contributed by atoms with Crippen molar-refractivity contribution in [3.63, 3.8) is 0 Å². The van der Waals surface area contributed by atoms with Crippen molar-refractivity contribution in [3.05, 3.63) is 70.4 Å². The third-order valence-corrected chi connectivity index (χ3v) is 7.32. The van der Waals surface area contributed by atoms with E-state index in [2.05, 4.69) is 36.6 Å². The van der Waals surface area contributed by atoms with Crippen molar-refractivity contribution in [2.45, 2.75) is 89.8 Å². The second-order valence-corrected chi connectivity index (χ2v) is 9.80. The number of hydrogen-bond donors (Lipinski definition) is 1. The summed E-state index contributed by atoms with van der Waals surface area (Å²) < 4.78 is 41.9. The zero-order valence-electron chi connectivity index (χ0n) is 20.5. The van der Waals surface area contributed by atoms with Gasteiger partial charge < -0.3 is 9.67 Å². The van der Waals surface area contributed by atoms with E-state index in [1.165, 1.54) is 16.5 Å². The summed E-state index contributed by atoms with van der Waals surface area (Å²) in [5.74, 6) is -0.915. The minimum Gasteiger partial charge on any atom is -0.481 e. The van der Waals surface area contributed by atoms with Crippen LogP contribution in [0.25, 0.3) is 10.9 Å². The molecule has 4 rings (SSSR count). The molecule has 188 valence electrons. The number of carboxylic acid groups (broad SMARTS) is 1. The number of benzene rings is 2. The highest BCUT2D eigenvalue weighted by atomic mass is 19.4. The lowest BCUT2D eigenvalue weighted by Gasteiger charge is -2.29. The Hall–Kier alpha value is -2.76. The highest BCUT2D eigenvalue weighted by molar-refractivity contribution is 5.87. The zero-order chi connectivity index (χ0) is 25.2. The fraction of sp³-hybridized carbons (Fsp3) is 0.483. The van der Waals surface area contributed by atoms with Crippen molar-refractivity contribution >= 4 is 16.9 Å². The molecule has 0 spiro atoms. The van der Waals surface area contributed by atoms with Crippen LogP contribution >= 0.6 is 0 Å². The number of halogens is 3. The first-order valence-electron chi connectivity index (χ1n) is 12.8. The molecule has 2 unspecified atom stereocenters. The van der Waals surface area contributed by atoms with E-state index in [0.717, 1.165) is 80.3 Å². The highest BCUT2D eigenvalue weighted by Gasteiger charge is 2.33. The molecule has 3 nitrogen and oxygen atoms in total. The number of unbranched alkanes of at least 4 members (excludes halogenated alkanes) is 1. The molecule has 0 radical (unpaired) electrons. The fourth-order valence-electron chi connectivity index (χ4n) is 5.71. The fourth-order valence-corrected chi connectivity index (χ4v) is 5.71. The lowest BCUT2D eigenvalue weighted by Crippen LogP contribution is -2.21. The Balaban J connectivity index is 1.91. The van der Waals surface area contributed by atoms with Gasteiger partial charge in [0.15, 0.2) is 0 Å². The molecular formula is C29H34F3NO2. The van der Waals surface area contributed by atoms with E-state index in [1.54, 1.807) is 12.1 Å². The van der Waals surface area contributed by atoms with Gasteiger partial charge in [-0.25, -0.2) is 0 Å². The molecular weight excluding hydrogens is 451 g/mol. The lowest BCUT2D eigenvalue weighted by molar-refractivity contribution is -0.138. The molecule has 1 aliphatic rings. The maximum atomic E-state index is 13.2. The van der Waals surface area contributed by atoms with Gasteiger partial charge in [-0.3, -0.25) is 4.79 Å². The second-order valence-electron chi connectivity index (χ2n) is 9.80. The van der Waals surface area contributed by atoms with E-state index in [-0.39, 0.29) is 18.4 Å². The summed E-state index contributed by atoms with van der Waals surface area (Å²) in [5, 5.41) is 10.8. The van der Waals surface area contributed by atoms with Gasteiger partial charge in [-0.2, -0.15) is 13.2 Å². The number of aliphatic carboxylic acids is 1. The van der Waals surface area contributed by atoms with Crippen LogP contribution in [0.5, 0.6) is 0 Å². The molecule has 2 atom stereocenters. The second kappa shape index (κ2) is 10.5. The third-order valence-electron chi connectivity index (χ3n) is 7.32. The van der Waals surface area contributed by atoms with Crippen LogP contribution in [-0.2, 0) is 23.8 Å². The Bertz CT molecular complexity index is 1180. The largest absolute Gasteiger partial charge is 0.481 e. The number of rotatable bonds is 9. The lowest BCUT2D eigenvalue weighted by atomic mass is 9.84. The SMILES string of the molecule is CCCCc1ccc2c(c1)c1c(n2C(CCC)c2ccc(C(F)(F)F)cc2)C(CC(=O)O)CCC1. The molecule has 1 N–H and O–H groups in total. The van der Waals surface area contributed by atoms with Crippen molar-refractivity contribution in [1.82, 2.24) is 4.57 Å². The number of aromatic nitrogens is 1. The topological polar surface area (TPSA) is 42.2 Å². The first-order valence-corrected chi connectivity index (χ1v) is 12.8. The molecule has 1 heterocycles. The van der Waals surface area contributed by atoms with Gasteiger partial charge in [0.25, 0.3) is 0 Å². The number of carbonyl (C=O) groups is 1. The summed E-state index contributed by atoms with van der Waals surface area (Å²) in [4.78, 5) is 11.8. The molecule has 0 amide bonds. The molecule has 0 saturated heterocycles. The number of carboxylic acids is 1. The van der Waals surface area contributed by atoms with E-state index in [4.69, 9.17) is 0 Å². The molecule has 1 aliphatic carbocycles. The summed E-state index contributed by atoms with van der Waals surface area (Å²) in [6, 6.07) is 11.9. The van der Waals surface area contributed by atoms with Crippen LogP contribution in [0, 0.1) is 0 Å². The van der Waals surface area contributed by atoms with Crippen LogP contribution in [0.15, 0.2) is 42.5 Å². The van der Waals surface area contributed by atoms with Crippen molar-refractivity contribution in [2.75, 3.05) is 0 Å². The monoisotopic (exact) mass is 485 g/mol. The van der Waals surface area contributed by atoms with Crippen LogP contribution < -0.4 is 0 Å². The number of nitrogens with zero attached hydrogens (tertiary/aromatic N) is 1. The van der Waals surface area contributed by atoms with E-state index < -0.39 is 17.7 Å². The van der Waals surface area contributed by atoms with Gasteiger partial charge in [-0.05, 0) is 79.5 Å². The molecule has 0 aliphatic heterocycles. The van der Waals surface area contributed by atoms with Crippen LogP contribution in [0.1, 0.15) is 98.7 Å². The highest BCUT2D eigenvalue weighted by Crippen LogP contribution is 2.44. The van der Waals surface area contributed by atoms with Gasteiger partial charge in [0, 0.05) is 22.5 Å². The van der Waals surface area contributed by atoms with Crippen LogP contribution in [-0.4, -0.2) is 15.6 Å². The maximum Gasteiger partial charge on any atom is 0.416 e. The molecule has 0 saturated carbocycles. The normalized spacial score (nSPS) is 16.9. The quantitative estimate of drug-likeness (QED) is 0.331. The Labute approximate surface area is 205 Å².